The Labute approximate surface area is 262 Å². The maximum absolute atomic E-state index is 14.5. The Bertz CT molecular complexity index is 1760. The van der Waals surface area contributed by atoms with Gasteiger partial charge < -0.3 is 10.1 Å². The third-order valence-electron chi connectivity index (χ3n) is 9.57. The summed E-state index contributed by atoms with van der Waals surface area (Å²) in [6.07, 6.45) is 9.91. The first-order chi connectivity index (χ1) is 22.1. The minimum Gasteiger partial charge on any atom is -0.381 e. The summed E-state index contributed by atoms with van der Waals surface area (Å²) in [6, 6.07) is 17.5. The van der Waals surface area contributed by atoms with Crippen LogP contribution in [-0.4, -0.2) is 56.1 Å². The first kappa shape index (κ1) is 29.6. The first-order valence-corrected chi connectivity index (χ1v) is 16.4. The molecular weight excluding hydrogens is 566 g/mol. The molecule has 7 rings (SSSR count). The molecule has 0 radical (unpaired) electrons. The van der Waals surface area contributed by atoms with Gasteiger partial charge in [-0.1, -0.05) is 55.8 Å². The van der Waals surface area contributed by atoms with Crippen LogP contribution in [0.4, 0.5) is 0 Å². The van der Waals surface area contributed by atoms with Crippen molar-refractivity contribution in [2.75, 3.05) is 13.2 Å². The van der Waals surface area contributed by atoms with Crippen molar-refractivity contribution in [2.24, 2.45) is 5.10 Å². The van der Waals surface area contributed by atoms with Crippen LogP contribution in [0.2, 0.25) is 0 Å². The molecule has 3 aliphatic rings. The third-order valence-corrected chi connectivity index (χ3v) is 9.57. The van der Waals surface area contributed by atoms with Gasteiger partial charge in [0.05, 0.1) is 17.8 Å². The summed E-state index contributed by atoms with van der Waals surface area (Å²) in [5.74, 6) is 0.523. The lowest BCUT2D eigenvalue weighted by Crippen LogP contribution is -2.44. The predicted octanol–water partition coefficient (Wildman–Crippen LogP) is 4.58. The Kier molecular flexibility index (Phi) is 8.58. The summed E-state index contributed by atoms with van der Waals surface area (Å²) in [4.78, 5) is 31.3. The first-order valence-electron chi connectivity index (χ1n) is 16.4. The van der Waals surface area contributed by atoms with Crippen molar-refractivity contribution in [3.05, 3.63) is 87.6 Å². The standard InChI is InChI=1S/C35H41N7O3/c1-2-6-32-30(20-23-9-14-28(24-7-4-3-5-8-24)29(19-23)31-21-33(43)40-39-31)34(44)41(35-36-22-37-42(32)35)27-12-10-25(11-13-27)38-26-15-17-45-18-16-26/h3-5,7-9,14,19,22,25-27,38H,2,6,10-13,15-18,20-21H2,1H3,(H,40,43). The highest BCUT2D eigenvalue weighted by Crippen LogP contribution is 2.31. The van der Waals surface area contributed by atoms with E-state index in [2.05, 4.69) is 63.2 Å². The molecule has 0 spiro atoms. The highest BCUT2D eigenvalue weighted by molar-refractivity contribution is 6.16. The monoisotopic (exact) mass is 607 g/mol. The van der Waals surface area contributed by atoms with E-state index < -0.39 is 0 Å². The molecule has 2 aromatic carbocycles. The molecule has 45 heavy (non-hydrogen) atoms. The predicted molar refractivity (Wildman–Crippen MR) is 173 cm³/mol. The van der Waals surface area contributed by atoms with E-state index in [1.54, 1.807) is 6.33 Å². The number of nitrogens with zero attached hydrogens (tertiary/aromatic N) is 5. The van der Waals surface area contributed by atoms with E-state index in [9.17, 15) is 9.59 Å². The molecule has 2 fully saturated rings. The van der Waals surface area contributed by atoms with Gasteiger partial charge in [-0.15, -0.1) is 0 Å². The van der Waals surface area contributed by atoms with E-state index in [0.29, 0.717) is 30.0 Å². The van der Waals surface area contributed by atoms with Gasteiger partial charge in [-0.05, 0) is 67.7 Å². The molecule has 1 saturated carbocycles. The van der Waals surface area contributed by atoms with Crippen LogP contribution in [0.5, 0.6) is 0 Å². The van der Waals surface area contributed by atoms with E-state index in [1.807, 2.05) is 27.3 Å². The lowest BCUT2D eigenvalue weighted by Gasteiger charge is -2.34. The Hall–Kier alpha value is -4.15. The number of aromatic nitrogens is 4. The van der Waals surface area contributed by atoms with Crippen molar-refractivity contribution in [3.63, 3.8) is 0 Å². The SMILES string of the molecule is CCCc1c(Cc2ccc(-c3ccccc3)c(C3=NNC(=O)C3)c2)c(=O)n(C2CCC(NC3CCOCC3)CC2)c2ncnn12. The number of carbonyl (C=O) groups is 1. The number of nitrogens with one attached hydrogen (secondary N) is 2. The Morgan fingerprint density at radius 2 is 1.73 bits per heavy atom. The van der Waals surface area contributed by atoms with Crippen molar-refractivity contribution in [1.29, 1.82) is 0 Å². The van der Waals surface area contributed by atoms with Gasteiger partial charge in [-0.2, -0.15) is 15.2 Å². The molecule has 4 aromatic rings. The summed E-state index contributed by atoms with van der Waals surface area (Å²) >= 11 is 0. The lowest BCUT2D eigenvalue weighted by atomic mass is 9.89. The molecule has 1 aliphatic carbocycles. The zero-order valence-corrected chi connectivity index (χ0v) is 25.9. The molecule has 0 unspecified atom stereocenters. The number of amides is 1. The van der Waals surface area contributed by atoms with Gasteiger partial charge in [0.2, 0.25) is 11.7 Å². The average Bonchev–Trinajstić information content (AvgIpc) is 3.74. The van der Waals surface area contributed by atoms with Gasteiger partial charge in [-0.25, -0.2) is 9.94 Å². The number of benzene rings is 2. The molecule has 4 heterocycles. The smallest absolute Gasteiger partial charge is 0.259 e. The van der Waals surface area contributed by atoms with E-state index in [0.717, 1.165) is 98.1 Å². The molecule has 1 saturated heterocycles. The zero-order valence-electron chi connectivity index (χ0n) is 25.9. The Morgan fingerprint density at radius 1 is 0.956 bits per heavy atom. The van der Waals surface area contributed by atoms with Gasteiger partial charge in [-0.3, -0.25) is 14.2 Å². The van der Waals surface area contributed by atoms with E-state index in [-0.39, 0.29) is 23.9 Å². The topological polar surface area (TPSA) is 115 Å². The molecule has 10 nitrogen and oxygen atoms in total. The van der Waals surface area contributed by atoms with Crippen LogP contribution < -0.4 is 16.3 Å². The molecule has 10 heteroatoms. The molecule has 2 aromatic heterocycles. The van der Waals surface area contributed by atoms with Crippen molar-refractivity contribution in [1.82, 2.24) is 29.9 Å². The van der Waals surface area contributed by atoms with Crippen LogP contribution in [0.25, 0.3) is 16.9 Å². The number of fused-ring (bicyclic) bond motifs is 1. The highest BCUT2D eigenvalue weighted by Gasteiger charge is 2.29. The number of carbonyl (C=O) groups excluding carboxylic acids is 1. The fourth-order valence-electron chi connectivity index (χ4n) is 7.31. The molecule has 2 aliphatic heterocycles. The van der Waals surface area contributed by atoms with Gasteiger partial charge in [0.15, 0.2) is 0 Å². The van der Waals surface area contributed by atoms with Gasteiger partial charge >= 0.3 is 0 Å². The van der Waals surface area contributed by atoms with Gasteiger partial charge in [0.1, 0.15) is 6.33 Å². The van der Waals surface area contributed by atoms with Crippen LogP contribution >= 0.6 is 0 Å². The normalized spacial score (nSPS) is 20.8. The largest absolute Gasteiger partial charge is 0.381 e. The quantitative estimate of drug-likeness (QED) is 0.288. The average molecular weight is 608 g/mol. The number of hydrogen-bond acceptors (Lipinski definition) is 7. The van der Waals surface area contributed by atoms with Crippen LogP contribution in [-0.2, 0) is 22.4 Å². The van der Waals surface area contributed by atoms with Gasteiger partial charge in [0.25, 0.3) is 5.56 Å². The zero-order chi connectivity index (χ0) is 30.8. The molecule has 0 atom stereocenters. The maximum Gasteiger partial charge on any atom is 0.259 e. The van der Waals surface area contributed by atoms with E-state index in [1.165, 1.54) is 0 Å². The summed E-state index contributed by atoms with van der Waals surface area (Å²) in [5, 5.41) is 12.8. The number of rotatable bonds is 9. The highest BCUT2D eigenvalue weighted by atomic mass is 16.5. The number of hydrogen-bond donors (Lipinski definition) is 2. The van der Waals surface area contributed by atoms with E-state index >= 15 is 0 Å². The van der Waals surface area contributed by atoms with Crippen molar-refractivity contribution < 1.29 is 9.53 Å². The molecule has 234 valence electrons. The second-order valence-corrected chi connectivity index (χ2v) is 12.6. The Morgan fingerprint density at radius 3 is 2.47 bits per heavy atom. The fourth-order valence-corrected chi connectivity index (χ4v) is 7.31. The molecule has 2 N–H and O–H groups in total. The van der Waals surface area contributed by atoms with Crippen molar-refractivity contribution >= 4 is 17.4 Å². The molecular formula is C35H41N7O3. The minimum absolute atomic E-state index is 0.0310. The minimum atomic E-state index is -0.114. The second-order valence-electron chi connectivity index (χ2n) is 12.6. The fraction of sp³-hybridized carbons (Fsp3) is 0.457. The lowest BCUT2D eigenvalue weighted by molar-refractivity contribution is -0.119. The van der Waals surface area contributed by atoms with Crippen LogP contribution in [0, 0.1) is 0 Å². The molecule has 0 bridgehead atoms. The summed E-state index contributed by atoms with van der Waals surface area (Å²) in [6.45, 7) is 3.79. The Balaban J connectivity index is 1.23. The summed E-state index contributed by atoms with van der Waals surface area (Å²) in [5.41, 5.74) is 9.01. The summed E-state index contributed by atoms with van der Waals surface area (Å²) in [7, 11) is 0. The summed E-state index contributed by atoms with van der Waals surface area (Å²) < 4.78 is 9.36. The van der Waals surface area contributed by atoms with Crippen LogP contribution in [0.3, 0.4) is 0 Å². The van der Waals surface area contributed by atoms with E-state index in [4.69, 9.17) is 4.74 Å². The van der Waals surface area contributed by atoms with Crippen molar-refractivity contribution in [2.45, 2.75) is 89.3 Å². The van der Waals surface area contributed by atoms with Crippen LogP contribution in [0.1, 0.15) is 86.7 Å². The second kappa shape index (κ2) is 13.1. The number of hydrazone groups is 1. The third kappa shape index (κ3) is 6.09. The van der Waals surface area contributed by atoms with Gasteiger partial charge in [0, 0.05) is 48.9 Å². The number of aryl methyl sites for hydroxylation is 1. The number of ether oxygens (including phenoxy) is 1. The maximum atomic E-state index is 14.5. The van der Waals surface area contributed by atoms with Crippen molar-refractivity contribution in [3.8, 4) is 11.1 Å². The van der Waals surface area contributed by atoms with Crippen LogP contribution in [0.15, 0.2) is 64.8 Å². The molecule has 1 amide bonds.